The first-order chi connectivity index (χ1) is 19.1. The molecule has 15 heteroatoms. The van der Waals surface area contributed by atoms with Crippen molar-refractivity contribution in [3.8, 4) is 5.75 Å². The highest BCUT2D eigenvalue weighted by molar-refractivity contribution is 6.04. The Morgan fingerprint density at radius 2 is 1.39 bits per heavy atom. The van der Waals surface area contributed by atoms with E-state index >= 15 is 0 Å². The molecule has 1 amide bonds. The van der Waals surface area contributed by atoms with Crippen LogP contribution in [0.3, 0.4) is 0 Å². The van der Waals surface area contributed by atoms with Gasteiger partial charge in [0.05, 0.1) is 11.1 Å². The largest absolute Gasteiger partial charge is 0.506 e. The van der Waals surface area contributed by atoms with Gasteiger partial charge < -0.3 is 54.9 Å². The predicted octanol–water partition coefficient (Wildman–Crippen LogP) is 5.01. The molecule has 2 unspecified atom stereocenters. The van der Waals surface area contributed by atoms with Crippen LogP contribution < -0.4 is 45.0 Å². The molecule has 2 aromatic rings. The van der Waals surface area contributed by atoms with Crippen LogP contribution in [0.2, 0.25) is 0 Å². The smallest absolute Gasteiger partial charge is 0.313 e. The summed E-state index contributed by atoms with van der Waals surface area (Å²) in [4.78, 5) is 44.7. The van der Waals surface area contributed by atoms with Gasteiger partial charge in [-0.3, -0.25) is 9.59 Å². The summed E-state index contributed by atoms with van der Waals surface area (Å²) in [6.07, 6.45) is 7.94. The van der Waals surface area contributed by atoms with E-state index in [1.807, 2.05) is 20.8 Å². The maximum Gasteiger partial charge on any atom is 0.313 e. The number of nitrogens with zero attached hydrogens (tertiary/aromatic N) is 5. The Hall–Kier alpha value is -3.79. The number of aromatic hydroxyl groups is 1. The third-order valence-electron chi connectivity index (χ3n) is 9.84. The number of anilines is 5. The van der Waals surface area contributed by atoms with E-state index in [9.17, 15) is 14.7 Å². The van der Waals surface area contributed by atoms with Crippen LogP contribution in [-0.4, -0.2) is 63.7 Å². The van der Waals surface area contributed by atoms with Crippen molar-refractivity contribution >= 4 is 41.1 Å². The number of esters is 1. The van der Waals surface area contributed by atoms with E-state index in [0.717, 1.165) is 51.9 Å². The number of hydrogen-bond donors (Lipinski definition) is 7. The van der Waals surface area contributed by atoms with Gasteiger partial charge in [-0.05, 0) is 70.4 Å². The first-order valence-electron chi connectivity index (χ1n) is 14.5. The van der Waals surface area contributed by atoms with E-state index in [1.54, 1.807) is 12.1 Å². The lowest BCUT2D eigenvalue weighted by molar-refractivity contribution is -0.165. The fourth-order valence-electron chi connectivity index (χ4n) is 6.70. The summed E-state index contributed by atoms with van der Waals surface area (Å²) in [6, 6.07) is 4.91. The molecule has 15 nitrogen and oxygen atoms in total. The molecule has 4 fully saturated rings. The van der Waals surface area contributed by atoms with Crippen LogP contribution in [0.4, 0.5) is 29.2 Å². The zero-order valence-corrected chi connectivity index (χ0v) is 26.5. The highest BCUT2D eigenvalue weighted by atomic mass is 16.6. The number of fused-ring (bicyclic) bond motifs is 2. The molecule has 246 valence electrons. The number of aromatic nitrogens is 3. The number of benzene rings is 1. The standard InChI is InChI=1S/C29H39N7O4.4H3N/c1-27(2)28(3)12-13-29(27,40-23(28)39)22(38)31-20-11-10-19(18-21(20)37)30-24-32-25(35-14-6-4-7-15-35)34-26(33-24)36-16-8-5-9-17-36;;;;/h10-11,18,37H,4-9,12-17H2,1-3H3,(H,31,38)(H,30,32,33,34);4*1H3. The summed E-state index contributed by atoms with van der Waals surface area (Å²) in [5.74, 6) is 0.880. The Balaban J connectivity index is 0.00000169. The molecule has 2 atom stereocenters. The van der Waals surface area contributed by atoms with Gasteiger partial charge in [0.1, 0.15) is 5.75 Å². The highest BCUT2D eigenvalue weighted by Crippen LogP contribution is 2.65. The topological polar surface area (TPSA) is 273 Å². The van der Waals surface area contributed by atoms with Gasteiger partial charge in [-0.1, -0.05) is 13.8 Å². The molecule has 44 heavy (non-hydrogen) atoms. The third-order valence-corrected chi connectivity index (χ3v) is 9.84. The van der Waals surface area contributed by atoms with Gasteiger partial charge >= 0.3 is 5.97 Å². The summed E-state index contributed by atoms with van der Waals surface area (Å²) in [7, 11) is 0. The van der Waals surface area contributed by atoms with E-state index in [2.05, 4.69) is 20.4 Å². The second kappa shape index (κ2) is 13.5. The molecular formula is C29H51N11O4. The number of amides is 1. The van der Waals surface area contributed by atoms with Gasteiger partial charge in [0.2, 0.25) is 17.8 Å². The minimum Gasteiger partial charge on any atom is -0.506 e. The molecule has 1 aromatic carbocycles. The molecule has 2 bridgehead atoms. The normalized spacial score (nSPS) is 24.9. The van der Waals surface area contributed by atoms with E-state index in [1.165, 1.54) is 18.9 Å². The van der Waals surface area contributed by atoms with Crippen molar-refractivity contribution < 1.29 is 19.4 Å². The van der Waals surface area contributed by atoms with Gasteiger partial charge in [-0.25, -0.2) is 0 Å². The zero-order chi connectivity index (χ0) is 28.1. The van der Waals surface area contributed by atoms with Crippen molar-refractivity contribution in [3.05, 3.63) is 18.2 Å². The lowest BCUT2D eigenvalue weighted by Gasteiger charge is -2.35. The molecule has 3 aliphatic heterocycles. The van der Waals surface area contributed by atoms with E-state index < -0.39 is 22.3 Å². The number of hydrogen-bond acceptors (Lipinski definition) is 14. The first kappa shape index (κ1) is 36.4. The van der Waals surface area contributed by atoms with Crippen molar-refractivity contribution in [2.45, 2.75) is 77.7 Å². The summed E-state index contributed by atoms with van der Waals surface area (Å²) in [5.41, 5.74) is -1.81. The Morgan fingerprint density at radius 3 is 1.84 bits per heavy atom. The molecule has 4 heterocycles. The van der Waals surface area contributed by atoms with Crippen molar-refractivity contribution in [3.63, 3.8) is 0 Å². The molecule has 0 radical (unpaired) electrons. The third kappa shape index (κ3) is 5.84. The summed E-state index contributed by atoms with van der Waals surface area (Å²) >= 11 is 0. The lowest BCUT2D eigenvalue weighted by Crippen LogP contribution is -2.50. The highest BCUT2D eigenvalue weighted by Gasteiger charge is 2.75. The summed E-state index contributed by atoms with van der Waals surface area (Å²) in [6.45, 7) is 9.36. The lowest BCUT2D eigenvalue weighted by atomic mass is 9.66. The maximum atomic E-state index is 13.5. The number of nitrogens with one attached hydrogen (secondary N) is 2. The monoisotopic (exact) mass is 617 g/mol. The molecule has 1 aliphatic carbocycles. The van der Waals surface area contributed by atoms with Crippen LogP contribution in [0.25, 0.3) is 0 Å². The van der Waals surface area contributed by atoms with Crippen LogP contribution >= 0.6 is 0 Å². The number of ether oxygens (including phenoxy) is 1. The molecule has 1 saturated carbocycles. The van der Waals surface area contributed by atoms with E-state index in [4.69, 9.17) is 19.7 Å². The van der Waals surface area contributed by atoms with Gasteiger partial charge in [0, 0.05) is 43.3 Å². The van der Waals surface area contributed by atoms with Crippen LogP contribution in [-0.2, 0) is 14.3 Å². The fourth-order valence-corrected chi connectivity index (χ4v) is 6.70. The SMILES string of the molecule is CC12CCC(C(=O)Nc3ccc(Nc4nc(N5CCCCC5)nc(N5CCCCC5)n4)cc3O)(OC1=O)C2(C)C.N.N.N.N. The van der Waals surface area contributed by atoms with Crippen molar-refractivity contribution in [1.82, 2.24) is 39.6 Å². The number of carbonyl (C=O) groups is 2. The predicted molar refractivity (Wildman–Crippen MR) is 172 cm³/mol. The Labute approximate surface area is 259 Å². The van der Waals surface area contributed by atoms with Gasteiger partial charge in [-0.15, -0.1) is 0 Å². The second-order valence-electron chi connectivity index (χ2n) is 12.3. The number of rotatable bonds is 6. The average Bonchev–Trinajstić information content (AvgIpc) is 3.26. The molecule has 0 spiro atoms. The molecular weight excluding hydrogens is 566 g/mol. The zero-order valence-electron chi connectivity index (χ0n) is 26.5. The van der Waals surface area contributed by atoms with Crippen molar-refractivity contribution in [2.24, 2.45) is 10.8 Å². The number of piperidine rings is 2. The molecule has 1 aromatic heterocycles. The second-order valence-corrected chi connectivity index (χ2v) is 12.3. The van der Waals surface area contributed by atoms with E-state index in [-0.39, 0.29) is 42.0 Å². The van der Waals surface area contributed by atoms with Crippen LogP contribution in [0, 0.1) is 10.8 Å². The summed E-state index contributed by atoms with van der Waals surface area (Å²) < 4.78 is 5.69. The summed E-state index contributed by atoms with van der Waals surface area (Å²) in [5, 5.41) is 16.9. The van der Waals surface area contributed by atoms with Crippen LogP contribution in [0.5, 0.6) is 5.75 Å². The molecule has 4 aliphatic rings. The van der Waals surface area contributed by atoms with E-state index in [0.29, 0.717) is 36.4 Å². The minimum absolute atomic E-state index is 0. The van der Waals surface area contributed by atoms with Crippen LogP contribution in [0.15, 0.2) is 18.2 Å². The number of phenolic OH excluding ortho intramolecular Hbond substituents is 1. The Bertz CT molecular complexity index is 1290. The van der Waals surface area contributed by atoms with Gasteiger partial charge in [-0.2, -0.15) is 15.0 Å². The van der Waals surface area contributed by atoms with Crippen LogP contribution in [0.1, 0.15) is 72.1 Å². The maximum absolute atomic E-state index is 13.5. The first-order valence-corrected chi connectivity index (χ1v) is 14.5. The van der Waals surface area contributed by atoms with Gasteiger partial charge in [0.15, 0.2) is 5.60 Å². The fraction of sp³-hybridized carbons (Fsp3) is 0.621. The number of carbonyl (C=O) groups excluding carboxylic acids is 2. The van der Waals surface area contributed by atoms with Crippen molar-refractivity contribution in [1.29, 1.82) is 0 Å². The van der Waals surface area contributed by atoms with Gasteiger partial charge in [0.25, 0.3) is 5.91 Å². The van der Waals surface area contributed by atoms with Crippen molar-refractivity contribution in [2.75, 3.05) is 46.6 Å². The molecule has 15 N–H and O–H groups in total. The Morgan fingerprint density at radius 1 is 0.841 bits per heavy atom. The minimum atomic E-state index is -1.26. The average molecular weight is 618 g/mol. The molecule has 6 rings (SSSR count). The quantitative estimate of drug-likeness (QED) is 0.166. The Kier molecular flexibility index (Phi) is 11.1. The number of phenols is 1. The molecule has 3 saturated heterocycles.